The lowest BCUT2D eigenvalue weighted by Gasteiger charge is -2.16. The number of sulfonamides is 1. The standard InChI is InChI=1S/C12H15FN2O4S/c1-7-4-5-19-11(7)12(16)15-9-6-8(13)2-3-10(9)20(14,17)18/h2-3,6-7,11H,4-5H2,1H3,(H,15,16)(H2,14,17,18). The summed E-state index contributed by atoms with van der Waals surface area (Å²) in [5.74, 6) is -1.17. The van der Waals surface area contributed by atoms with Crippen LogP contribution in [0.5, 0.6) is 0 Å². The Labute approximate surface area is 116 Å². The summed E-state index contributed by atoms with van der Waals surface area (Å²) in [5, 5.41) is 7.40. The van der Waals surface area contributed by atoms with E-state index in [1.807, 2.05) is 6.92 Å². The molecule has 1 heterocycles. The lowest BCUT2D eigenvalue weighted by atomic mass is 10.0. The van der Waals surface area contributed by atoms with Crippen molar-refractivity contribution >= 4 is 21.6 Å². The van der Waals surface area contributed by atoms with Crippen LogP contribution in [0.3, 0.4) is 0 Å². The van der Waals surface area contributed by atoms with E-state index in [9.17, 15) is 17.6 Å². The van der Waals surface area contributed by atoms with Crippen molar-refractivity contribution < 1.29 is 22.3 Å². The summed E-state index contributed by atoms with van der Waals surface area (Å²) in [6, 6.07) is 2.89. The molecule has 0 aliphatic carbocycles. The molecule has 2 atom stereocenters. The Morgan fingerprint density at radius 2 is 2.20 bits per heavy atom. The number of nitrogens with one attached hydrogen (secondary N) is 1. The van der Waals surface area contributed by atoms with Crippen molar-refractivity contribution in [2.75, 3.05) is 11.9 Å². The lowest BCUT2D eigenvalue weighted by Crippen LogP contribution is -2.32. The van der Waals surface area contributed by atoms with Gasteiger partial charge < -0.3 is 10.1 Å². The van der Waals surface area contributed by atoms with E-state index in [4.69, 9.17) is 9.88 Å². The highest BCUT2D eigenvalue weighted by Gasteiger charge is 2.31. The zero-order valence-corrected chi connectivity index (χ0v) is 11.6. The van der Waals surface area contributed by atoms with Crippen LogP contribution in [0.1, 0.15) is 13.3 Å². The van der Waals surface area contributed by atoms with Crippen molar-refractivity contribution in [1.29, 1.82) is 0 Å². The van der Waals surface area contributed by atoms with Crippen LogP contribution < -0.4 is 10.5 Å². The van der Waals surface area contributed by atoms with Gasteiger partial charge in [-0.05, 0) is 30.5 Å². The van der Waals surface area contributed by atoms with Crippen molar-refractivity contribution in [2.24, 2.45) is 11.1 Å². The van der Waals surface area contributed by atoms with E-state index in [1.165, 1.54) is 0 Å². The molecule has 110 valence electrons. The van der Waals surface area contributed by atoms with Gasteiger partial charge in [-0.15, -0.1) is 0 Å². The van der Waals surface area contributed by atoms with Gasteiger partial charge in [-0.3, -0.25) is 4.79 Å². The van der Waals surface area contributed by atoms with Crippen molar-refractivity contribution in [3.63, 3.8) is 0 Å². The van der Waals surface area contributed by atoms with E-state index < -0.39 is 27.9 Å². The van der Waals surface area contributed by atoms with E-state index in [2.05, 4.69) is 5.32 Å². The van der Waals surface area contributed by atoms with Gasteiger partial charge in [0, 0.05) is 6.61 Å². The minimum absolute atomic E-state index is 0.0153. The minimum Gasteiger partial charge on any atom is -0.368 e. The molecule has 0 aromatic heterocycles. The number of rotatable bonds is 3. The van der Waals surface area contributed by atoms with Crippen LogP contribution in [0.2, 0.25) is 0 Å². The summed E-state index contributed by atoms with van der Waals surface area (Å²) in [7, 11) is -4.06. The number of primary sulfonamides is 1. The van der Waals surface area contributed by atoms with Crippen LogP contribution in [0.15, 0.2) is 23.1 Å². The summed E-state index contributed by atoms with van der Waals surface area (Å²) in [6.45, 7) is 2.31. The van der Waals surface area contributed by atoms with Crippen molar-refractivity contribution in [3.8, 4) is 0 Å². The maximum absolute atomic E-state index is 13.2. The first-order chi connectivity index (χ1) is 9.29. The molecule has 0 spiro atoms. The van der Waals surface area contributed by atoms with Gasteiger partial charge in [0.1, 0.15) is 16.8 Å². The zero-order valence-electron chi connectivity index (χ0n) is 10.8. The molecule has 3 N–H and O–H groups in total. The van der Waals surface area contributed by atoms with E-state index in [0.29, 0.717) is 6.61 Å². The third kappa shape index (κ3) is 3.14. The highest BCUT2D eigenvalue weighted by molar-refractivity contribution is 7.89. The van der Waals surface area contributed by atoms with Crippen LogP contribution in [0.25, 0.3) is 0 Å². The number of benzene rings is 1. The molecule has 1 aliphatic rings. The molecule has 0 bridgehead atoms. The monoisotopic (exact) mass is 302 g/mol. The van der Waals surface area contributed by atoms with Crippen molar-refractivity contribution in [2.45, 2.75) is 24.3 Å². The molecule has 20 heavy (non-hydrogen) atoms. The number of ether oxygens (including phenoxy) is 1. The molecule has 1 aliphatic heterocycles. The number of amides is 1. The van der Waals surface area contributed by atoms with E-state index >= 15 is 0 Å². The summed E-state index contributed by atoms with van der Waals surface area (Å²) < 4.78 is 41.3. The average Bonchev–Trinajstić information content (AvgIpc) is 2.73. The number of carbonyl (C=O) groups excluding carboxylic acids is 1. The van der Waals surface area contributed by atoms with Gasteiger partial charge >= 0.3 is 0 Å². The van der Waals surface area contributed by atoms with Crippen LogP contribution in [-0.2, 0) is 19.6 Å². The van der Waals surface area contributed by atoms with Crippen molar-refractivity contribution in [1.82, 2.24) is 0 Å². The Kier molecular flexibility index (Phi) is 4.07. The topological polar surface area (TPSA) is 98.5 Å². The summed E-state index contributed by atoms with van der Waals surface area (Å²) >= 11 is 0. The van der Waals surface area contributed by atoms with Crippen LogP contribution >= 0.6 is 0 Å². The Morgan fingerprint density at radius 3 is 2.75 bits per heavy atom. The van der Waals surface area contributed by atoms with Gasteiger partial charge in [0.25, 0.3) is 5.91 Å². The first kappa shape index (κ1) is 14.9. The van der Waals surface area contributed by atoms with Gasteiger partial charge in [0.15, 0.2) is 0 Å². The number of hydrogen-bond donors (Lipinski definition) is 2. The molecule has 8 heteroatoms. The van der Waals surface area contributed by atoms with Gasteiger partial charge in [-0.2, -0.15) is 0 Å². The molecule has 1 aromatic rings. The molecule has 0 saturated carbocycles. The second kappa shape index (κ2) is 5.47. The first-order valence-corrected chi connectivity index (χ1v) is 7.58. The third-order valence-corrected chi connectivity index (χ3v) is 4.12. The van der Waals surface area contributed by atoms with E-state index in [1.54, 1.807) is 0 Å². The lowest BCUT2D eigenvalue weighted by molar-refractivity contribution is -0.126. The highest BCUT2D eigenvalue weighted by atomic mass is 32.2. The SMILES string of the molecule is CC1CCOC1C(=O)Nc1cc(F)ccc1S(N)(=O)=O. The maximum atomic E-state index is 13.2. The molecule has 2 rings (SSSR count). The second-order valence-electron chi connectivity index (χ2n) is 4.73. The molecule has 0 radical (unpaired) electrons. The molecular weight excluding hydrogens is 287 g/mol. The predicted molar refractivity (Wildman–Crippen MR) is 69.9 cm³/mol. The largest absolute Gasteiger partial charge is 0.368 e. The number of halogens is 1. The van der Waals surface area contributed by atoms with E-state index in [-0.39, 0.29) is 16.5 Å². The summed E-state index contributed by atoms with van der Waals surface area (Å²) in [4.78, 5) is 11.7. The zero-order chi connectivity index (χ0) is 14.9. The van der Waals surface area contributed by atoms with Gasteiger partial charge in [-0.25, -0.2) is 17.9 Å². The molecule has 1 amide bonds. The summed E-state index contributed by atoms with van der Waals surface area (Å²) in [5.41, 5.74) is -0.180. The predicted octanol–water partition coefficient (Wildman–Crippen LogP) is 0.837. The number of hydrogen-bond acceptors (Lipinski definition) is 4. The Morgan fingerprint density at radius 1 is 1.50 bits per heavy atom. The number of nitrogens with two attached hydrogens (primary N) is 1. The van der Waals surface area contributed by atoms with Gasteiger partial charge in [0.2, 0.25) is 10.0 Å². The minimum atomic E-state index is -4.06. The molecule has 2 unspecified atom stereocenters. The maximum Gasteiger partial charge on any atom is 0.253 e. The number of carbonyl (C=O) groups is 1. The second-order valence-corrected chi connectivity index (χ2v) is 6.26. The fraction of sp³-hybridized carbons (Fsp3) is 0.417. The van der Waals surface area contributed by atoms with E-state index in [0.717, 1.165) is 24.6 Å². The Balaban J connectivity index is 2.29. The average molecular weight is 302 g/mol. The fourth-order valence-corrected chi connectivity index (χ4v) is 2.76. The van der Waals surface area contributed by atoms with Crippen LogP contribution in [0, 0.1) is 11.7 Å². The third-order valence-electron chi connectivity index (χ3n) is 3.15. The Bertz CT molecular complexity index is 632. The van der Waals surface area contributed by atoms with Crippen molar-refractivity contribution in [3.05, 3.63) is 24.0 Å². The molecule has 6 nitrogen and oxygen atoms in total. The molecule has 1 saturated heterocycles. The van der Waals surface area contributed by atoms with Gasteiger partial charge in [-0.1, -0.05) is 6.92 Å². The van der Waals surface area contributed by atoms with Crippen LogP contribution in [0.4, 0.5) is 10.1 Å². The molecule has 1 fully saturated rings. The smallest absolute Gasteiger partial charge is 0.253 e. The fourth-order valence-electron chi connectivity index (χ4n) is 2.08. The normalized spacial score (nSPS) is 22.8. The quantitative estimate of drug-likeness (QED) is 0.864. The summed E-state index contributed by atoms with van der Waals surface area (Å²) in [6.07, 6.45) is 0.0649. The number of anilines is 1. The van der Waals surface area contributed by atoms with Crippen LogP contribution in [-0.4, -0.2) is 27.0 Å². The molecule has 1 aromatic carbocycles. The van der Waals surface area contributed by atoms with Gasteiger partial charge in [0.05, 0.1) is 5.69 Å². The molecular formula is C12H15FN2O4S. The Hall–Kier alpha value is -1.51. The highest BCUT2D eigenvalue weighted by Crippen LogP contribution is 2.25. The first-order valence-electron chi connectivity index (χ1n) is 6.04.